The molecule has 2 unspecified atom stereocenters. The maximum absolute atomic E-state index is 12.1. The van der Waals surface area contributed by atoms with Crippen molar-refractivity contribution in [2.45, 2.75) is 39.2 Å². The molecule has 6 nitrogen and oxygen atoms in total. The van der Waals surface area contributed by atoms with Gasteiger partial charge in [-0.15, -0.1) is 0 Å². The molecule has 0 aromatic heterocycles. The van der Waals surface area contributed by atoms with Gasteiger partial charge in [0, 0.05) is 12.8 Å². The Balaban J connectivity index is 4.69. The number of hydrogen-bond acceptors (Lipinski definition) is 6. The Morgan fingerprint density at radius 3 is 2.30 bits per heavy atom. The Bertz CT molecular complexity index is 375. The maximum Gasteiger partial charge on any atom is 0.338 e. The summed E-state index contributed by atoms with van der Waals surface area (Å²) >= 11 is 0. The second-order valence-electron chi connectivity index (χ2n) is 4.29. The van der Waals surface area contributed by atoms with E-state index in [9.17, 15) is 13.2 Å². The maximum atomic E-state index is 12.1. The number of carbonyl (C=O) groups excluding carboxylic acids is 1. The Morgan fingerprint density at radius 1 is 1.20 bits per heavy atom. The second-order valence-corrected chi connectivity index (χ2v) is 7.08. The van der Waals surface area contributed by atoms with Crippen LogP contribution in [0.1, 0.15) is 33.6 Å². The molecule has 0 aromatic carbocycles. The van der Waals surface area contributed by atoms with E-state index in [1.165, 1.54) is 0 Å². The molecule has 0 amide bonds. The summed E-state index contributed by atoms with van der Waals surface area (Å²) < 4.78 is 37.2. The topological polar surface area (TPSA) is 78.9 Å². The molecular weight excluding hydrogens is 303 g/mol. The van der Waals surface area contributed by atoms with Gasteiger partial charge >= 0.3 is 5.97 Å². The highest BCUT2D eigenvalue weighted by Gasteiger charge is 2.39. The average Bonchev–Trinajstić information content (AvgIpc) is 2.34. The Hall–Kier alpha value is -0.230. The van der Waals surface area contributed by atoms with Crippen molar-refractivity contribution in [3.8, 4) is 0 Å². The van der Waals surface area contributed by atoms with E-state index >= 15 is 0 Å². The van der Waals surface area contributed by atoms with Crippen LogP contribution in [0.5, 0.6) is 0 Å². The molecule has 0 bridgehead atoms. The zero-order valence-electron chi connectivity index (χ0n) is 12.6. The third kappa shape index (κ3) is 7.53. The van der Waals surface area contributed by atoms with E-state index in [4.69, 9.17) is 13.7 Å². The highest BCUT2D eigenvalue weighted by molar-refractivity contribution is 7.86. The van der Waals surface area contributed by atoms with Crippen LogP contribution in [-0.4, -0.2) is 52.0 Å². The van der Waals surface area contributed by atoms with Gasteiger partial charge in [0.05, 0.1) is 19.2 Å². The van der Waals surface area contributed by atoms with Gasteiger partial charge in [-0.1, -0.05) is 21.9 Å². The molecule has 0 spiro atoms. The SMILES string of the molecule is CCCC(CPCOS(C)(=O)=O)(OCC)C(=O)OCC. The number of hydrogen-bond donors (Lipinski definition) is 0. The molecule has 2 atom stereocenters. The molecule has 0 aliphatic heterocycles. The number of ether oxygens (including phenoxy) is 2. The van der Waals surface area contributed by atoms with Crippen molar-refractivity contribution >= 4 is 24.7 Å². The molecule has 0 saturated heterocycles. The summed E-state index contributed by atoms with van der Waals surface area (Å²) in [5, 5.41) is 0. The lowest BCUT2D eigenvalue weighted by Gasteiger charge is -2.30. The Labute approximate surface area is 123 Å². The van der Waals surface area contributed by atoms with Crippen LogP contribution in [0.25, 0.3) is 0 Å². The van der Waals surface area contributed by atoms with Crippen LogP contribution in [0.3, 0.4) is 0 Å². The van der Waals surface area contributed by atoms with Crippen LogP contribution in [-0.2, 0) is 28.6 Å². The number of rotatable bonds is 11. The molecule has 20 heavy (non-hydrogen) atoms. The summed E-state index contributed by atoms with van der Waals surface area (Å²) in [6.07, 6.45) is 2.80. The highest BCUT2D eigenvalue weighted by atomic mass is 32.2. The van der Waals surface area contributed by atoms with Gasteiger partial charge < -0.3 is 9.47 Å². The van der Waals surface area contributed by atoms with Crippen molar-refractivity contribution in [1.29, 1.82) is 0 Å². The van der Waals surface area contributed by atoms with Crippen molar-refractivity contribution in [3.05, 3.63) is 0 Å². The predicted molar refractivity (Wildman–Crippen MR) is 79.9 cm³/mol. The van der Waals surface area contributed by atoms with E-state index in [2.05, 4.69) is 0 Å². The third-order valence-electron chi connectivity index (χ3n) is 2.51. The summed E-state index contributed by atoms with van der Waals surface area (Å²) in [5.74, 6) is -0.379. The van der Waals surface area contributed by atoms with Gasteiger partial charge in [-0.3, -0.25) is 4.18 Å². The summed E-state index contributed by atoms with van der Waals surface area (Å²) in [5.41, 5.74) is -0.987. The minimum Gasteiger partial charge on any atom is -0.464 e. The van der Waals surface area contributed by atoms with Gasteiger partial charge in [-0.05, 0) is 20.3 Å². The Morgan fingerprint density at radius 2 is 1.85 bits per heavy atom. The first-order chi connectivity index (χ1) is 9.31. The molecule has 0 aromatic rings. The molecule has 0 aliphatic carbocycles. The first-order valence-electron chi connectivity index (χ1n) is 6.67. The van der Waals surface area contributed by atoms with Crippen molar-refractivity contribution in [1.82, 2.24) is 0 Å². The van der Waals surface area contributed by atoms with Crippen molar-refractivity contribution in [2.75, 3.05) is 32.0 Å². The van der Waals surface area contributed by atoms with Crippen LogP contribution in [0.2, 0.25) is 0 Å². The second kappa shape index (κ2) is 9.66. The van der Waals surface area contributed by atoms with Crippen molar-refractivity contribution in [3.63, 3.8) is 0 Å². The summed E-state index contributed by atoms with van der Waals surface area (Å²) in [6.45, 7) is 6.22. The largest absolute Gasteiger partial charge is 0.464 e. The third-order valence-corrected chi connectivity index (χ3v) is 4.43. The van der Waals surface area contributed by atoms with E-state index in [-0.39, 0.29) is 20.9 Å². The first kappa shape index (κ1) is 19.8. The van der Waals surface area contributed by atoms with E-state index in [0.717, 1.165) is 12.7 Å². The smallest absolute Gasteiger partial charge is 0.338 e. The van der Waals surface area contributed by atoms with Gasteiger partial charge in [0.15, 0.2) is 5.60 Å². The molecule has 0 radical (unpaired) electrons. The van der Waals surface area contributed by atoms with E-state index in [1.807, 2.05) is 13.8 Å². The molecule has 0 N–H and O–H groups in total. The lowest BCUT2D eigenvalue weighted by atomic mass is 10.0. The zero-order chi connectivity index (χ0) is 15.6. The van der Waals surface area contributed by atoms with Crippen LogP contribution in [0.15, 0.2) is 0 Å². The van der Waals surface area contributed by atoms with Gasteiger partial charge in [0.25, 0.3) is 10.1 Å². The molecule has 0 saturated carbocycles. The average molecular weight is 328 g/mol. The van der Waals surface area contributed by atoms with E-state index < -0.39 is 15.7 Å². The van der Waals surface area contributed by atoms with Crippen LogP contribution >= 0.6 is 8.58 Å². The standard InChI is InChI=1S/C12H25O6PS/c1-5-8-12(17-7-3,11(13)16-6-2)9-19-10-18-20(4,14)15/h19H,5-10H2,1-4H3. The summed E-state index contributed by atoms with van der Waals surface area (Å²) in [6, 6.07) is 0. The van der Waals surface area contributed by atoms with Crippen molar-refractivity contribution in [2.24, 2.45) is 0 Å². The van der Waals surface area contributed by atoms with Gasteiger partial charge in [-0.2, -0.15) is 8.42 Å². The lowest BCUT2D eigenvalue weighted by molar-refractivity contribution is -0.169. The fraction of sp³-hybridized carbons (Fsp3) is 0.917. The molecule has 0 rings (SSSR count). The lowest BCUT2D eigenvalue weighted by Crippen LogP contribution is -2.45. The van der Waals surface area contributed by atoms with Gasteiger partial charge in [-0.25, -0.2) is 4.79 Å². The van der Waals surface area contributed by atoms with Crippen LogP contribution in [0, 0.1) is 0 Å². The minimum atomic E-state index is -3.45. The molecule has 0 fully saturated rings. The van der Waals surface area contributed by atoms with Crippen LogP contribution < -0.4 is 0 Å². The first-order valence-corrected chi connectivity index (χ1v) is 9.90. The van der Waals surface area contributed by atoms with Gasteiger partial charge in [0.2, 0.25) is 0 Å². The number of esters is 1. The quantitative estimate of drug-likeness (QED) is 0.249. The van der Waals surface area contributed by atoms with Crippen molar-refractivity contribution < 1.29 is 26.9 Å². The molecule has 120 valence electrons. The Kier molecular flexibility index (Phi) is 9.55. The minimum absolute atomic E-state index is 0.0662. The monoisotopic (exact) mass is 328 g/mol. The highest BCUT2D eigenvalue weighted by Crippen LogP contribution is 2.29. The fourth-order valence-electron chi connectivity index (χ4n) is 1.79. The van der Waals surface area contributed by atoms with Gasteiger partial charge in [0.1, 0.15) is 0 Å². The van der Waals surface area contributed by atoms with E-state index in [1.54, 1.807) is 6.92 Å². The molecule has 0 heterocycles. The fourth-order valence-corrected chi connectivity index (χ4v) is 3.91. The molecule has 8 heteroatoms. The molecule has 0 aliphatic rings. The van der Waals surface area contributed by atoms with Crippen LogP contribution in [0.4, 0.5) is 0 Å². The number of carbonyl (C=O) groups is 1. The van der Waals surface area contributed by atoms with E-state index in [0.29, 0.717) is 25.8 Å². The predicted octanol–water partition coefficient (Wildman–Crippen LogP) is 1.74. The zero-order valence-corrected chi connectivity index (χ0v) is 14.4. The summed E-state index contributed by atoms with van der Waals surface area (Å²) in [4.78, 5) is 12.1. The molecular formula is C12H25O6PS. The summed E-state index contributed by atoms with van der Waals surface area (Å²) in [7, 11) is -3.30. The normalized spacial score (nSPS) is 15.4.